The SMILES string of the molecule is CSc1cc(N)cc2scc(C)c12. The lowest BCUT2D eigenvalue weighted by Crippen LogP contribution is -1.85. The van der Waals surface area contributed by atoms with E-state index in [-0.39, 0.29) is 0 Å². The minimum Gasteiger partial charge on any atom is -0.399 e. The first-order valence-electron chi connectivity index (χ1n) is 4.03. The number of aryl methyl sites for hydroxylation is 1. The van der Waals surface area contributed by atoms with Crippen molar-refractivity contribution in [3.63, 3.8) is 0 Å². The Labute approximate surface area is 85.9 Å². The van der Waals surface area contributed by atoms with Crippen LogP contribution in [-0.2, 0) is 0 Å². The summed E-state index contributed by atoms with van der Waals surface area (Å²) in [5.74, 6) is 0. The van der Waals surface area contributed by atoms with Crippen LogP contribution >= 0.6 is 23.1 Å². The first-order chi connectivity index (χ1) is 6.22. The van der Waals surface area contributed by atoms with Crippen molar-refractivity contribution in [1.82, 2.24) is 0 Å². The summed E-state index contributed by atoms with van der Waals surface area (Å²) < 4.78 is 1.29. The van der Waals surface area contributed by atoms with E-state index in [1.54, 1.807) is 23.1 Å². The van der Waals surface area contributed by atoms with Gasteiger partial charge in [0.05, 0.1) is 0 Å². The largest absolute Gasteiger partial charge is 0.399 e. The molecule has 2 rings (SSSR count). The molecule has 1 nitrogen and oxygen atoms in total. The molecule has 0 aliphatic carbocycles. The summed E-state index contributed by atoms with van der Waals surface area (Å²) in [5, 5.41) is 3.55. The van der Waals surface area contributed by atoms with Gasteiger partial charge in [-0.2, -0.15) is 0 Å². The molecule has 0 radical (unpaired) electrons. The number of nitrogen functional groups attached to an aromatic ring is 1. The highest BCUT2D eigenvalue weighted by Gasteiger charge is 2.06. The van der Waals surface area contributed by atoms with Crippen LogP contribution in [0.25, 0.3) is 10.1 Å². The van der Waals surface area contributed by atoms with E-state index < -0.39 is 0 Å². The molecule has 0 bridgehead atoms. The molecule has 0 aliphatic rings. The highest BCUT2D eigenvalue weighted by Crippen LogP contribution is 2.35. The van der Waals surface area contributed by atoms with Crippen LogP contribution in [0, 0.1) is 6.92 Å². The summed E-state index contributed by atoms with van der Waals surface area (Å²) >= 11 is 3.52. The van der Waals surface area contributed by atoms with E-state index >= 15 is 0 Å². The average Bonchev–Trinajstić information content (AvgIpc) is 2.46. The van der Waals surface area contributed by atoms with Gasteiger partial charge in [0.1, 0.15) is 0 Å². The molecule has 1 aromatic carbocycles. The lowest BCUT2D eigenvalue weighted by molar-refractivity contribution is 1.50. The molecule has 0 fully saturated rings. The third-order valence-corrected chi connectivity index (χ3v) is 3.87. The number of hydrogen-bond acceptors (Lipinski definition) is 3. The van der Waals surface area contributed by atoms with Crippen molar-refractivity contribution < 1.29 is 0 Å². The van der Waals surface area contributed by atoms with Crippen LogP contribution in [0.3, 0.4) is 0 Å². The number of thiophene rings is 1. The maximum atomic E-state index is 5.80. The summed E-state index contributed by atoms with van der Waals surface area (Å²) in [4.78, 5) is 1.29. The Morgan fingerprint density at radius 1 is 1.38 bits per heavy atom. The monoisotopic (exact) mass is 209 g/mol. The molecule has 0 aliphatic heterocycles. The fraction of sp³-hybridized carbons (Fsp3) is 0.200. The summed E-state index contributed by atoms with van der Waals surface area (Å²) in [7, 11) is 0. The first kappa shape index (κ1) is 8.91. The Hall–Kier alpha value is -0.670. The average molecular weight is 209 g/mol. The maximum absolute atomic E-state index is 5.80. The van der Waals surface area contributed by atoms with Crippen molar-refractivity contribution in [2.75, 3.05) is 12.0 Å². The summed E-state index contributed by atoms with van der Waals surface area (Å²) in [5.41, 5.74) is 8.01. The molecule has 2 N–H and O–H groups in total. The molecule has 1 heterocycles. The maximum Gasteiger partial charge on any atom is 0.0377 e. The Kier molecular flexibility index (Phi) is 2.22. The van der Waals surface area contributed by atoms with E-state index in [4.69, 9.17) is 5.73 Å². The zero-order valence-electron chi connectivity index (χ0n) is 7.63. The van der Waals surface area contributed by atoms with Crippen molar-refractivity contribution in [3.05, 3.63) is 23.1 Å². The number of nitrogens with two attached hydrogens (primary N) is 1. The van der Waals surface area contributed by atoms with Gasteiger partial charge in [-0.25, -0.2) is 0 Å². The first-order valence-corrected chi connectivity index (χ1v) is 6.14. The normalized spacial score (nSPS) is 10.9. The van der Waals surface area contributed by atoms with Gasteiger partial charge < -0.3 is 5.73 Å². The van der Waals surface area contributed by atoms with Crippen LogP contribution < -0.4 is 5.73 Å². The van der Waals surface area contributed by atoms with Gasteiger partial charge in [-0.1, -0.05) is 0 Å². The van der Waals surface area contributed by atoms with Crippen LogP contribution in [0.5, 0.6) is 0 Å². The second kappa shape index (κ2) is 3.24. The van der Waals surface area contributed by atoms with E-state index in [2.05, 4.69) is 18.6 Å². The van der Waals surface area contributed by atoms with Crippen molar-refractivity contribution in [1.29, 1.82) is 0 Å². The number of thioether (sulfide) groups is 1. The lowest BCUT2D eigenvalue weighted by Gasteiger charge is -2.02. The minimum absolute atomic E-state index is 0.860. The van der Waals surface area contributed by atoms with Gasteiger partial charge in [0.15, 0.2) is 0 Å². The van der Waals surface area contributed by atoms with E-state index in [9.17, 15) is 0 Å². The summed E-state index contributed by atoms with van der Waals surface area (Å²) in [6.07, 6.45) is 2.09. The van der Waals surface area contributed by atoms with Gasteiger partial charge in [-0.05, 0) is 36.3 Å². The van der Waals surface area contributed by atoms with Crippen molar-refractivity contribution in [2.24, 2.45) is 0 Å². The zero-order valence-corrected chi connectivity index (χ0v) is 9.26. The summed E-state index contributed by atoms with van der Waals surface area (Å²) in [6, 6.07) is 4.10. The third-order valence-electron chi connectivity index (χ3n) is 2.07. The molecule has 13 heavy (non-hydrogen) atoms. The molecular formula is C10H11NS2. The van der Waals surface area contributed by atoms with E-state index in [1.165, 1.54) is 20.5 Å². The minimum atomic E-state index is 0.860. The molecule has 0 saturated carbocycles. The number of rotatable bonds is 1. The second-order valence-corrected chi connectivity index (χ2v) is 4.77. The summed E-state index contributed by atoms with van der Waals surface area (Å²) in [6.45, 7) is 2.15. The van der Waals surface area contributed by atoms with Crippen LogP contribution in [0.15, 0.2) is 22.4 Å². The molecule has 2 aromatic rings. The van der Waals surface area contributed by atoms with E-state index in [0.717, 1.165) is 5.69 Å². The third kappa shape index (κ3) is 1.42. The van der Waals surface area contributed by atoms with Gasteiger partial charge in [-0.15, -0.1) is 23.1 Å². The fourth-order valence-corrected chi connectivity index (χ4v) is 3.27. The zero-order chi connectivity index (χ0) is 9.42. The van der Waals surface area contributed by atoms with Crippen molar-refractivity contribution >= 4 is 38.9 Å². The number of fused-ring (bicyclic) bond motifs is 1. The predicted octanol–water partition coefficient (Wildman–Crippen LogP) is 3.51. The molecule has 0 saturated heterocycles. The Morgan fingerprint density at radius 2 is 2.15 bits per heavy atom. The molecule has 0 amide bonds. The standard InChI is InChI=1S/C10H11NS2/c1-6-5-13-9-4-7(11)3-8(12-2)10(6)9/h3-5H,11H2,1-2H3. The van der Waals surface area contributed by atoms with Gasteiger partial charge in [0, 0.05) is 20.7 Å². The smallest absolute Gasteiger partial charge is 0.0377 e. The topological polar surface area (TPSA) is 26.0 Å². The van der Waals surface area contributed by atoms with Crippen molar-refractivity contribution in [3.8, 4) is 0 Å². The molecule has 0 atom stereocenters. The van der Waals surface area contributed by atoms with E-state index in [0.29, 0.717) is 0 Å². The van der Waals surface area contributed by atoms with Gasteiger partial charge in [0.25, 0.3) is 0 Å². The molecule has 1 aromatic heterocycles. The van der Waals surface area contributed by atoms with Gasteiger partial charge in [0.2, 0.25) is 0 Å². The van der Waals surface area contributed by atoms with Gasteiger partial charge in [-0.3, -0.25) is 0 Å². The fourth-order valence-electron chi connectivity index (χ4n) is 1.46. The Balaban J connectivity index is 2.85. The molecule has 3 heteroatoms. The van der Waals surface area contributed by atoms with Crippen LogP contribution in [0.2, 0.25) is 0 Å². The highest BCUT2D eigenvalue weighted by molar-refractivity contribution is 7.98. The molecule has 68 valence electrons. The predicted molar refractivity (Wildman–Crippen MR) is 62.8 cm³/mol. The van der Waals surface area contributed by atoms with Crippen LogP contribution in [-0.4, -0.2) is 6.26 Å². The number of benzene rings is 1. The van der Waals surface area contributed by atoms with Crippen molar-refractivity contribution in [2.45, 2.75) is 11.8 Å². The highest BCUT2D eigenvalue weighted by atomic mass is 32.2. The quantitative estimate of drug-likeness (QED) is 0.574. The molecular weight excluding hydrogens is 198 g/mol. The number of anilines is 1. The Bertz CT molecular complexity index is 445. The lowest BCUT2D eigenvalue weighted by atomic mass is 10.2. The van der Waals surface area contributed by atoms with Gasteiger partial charge >= 0.3 is 0 Å². The Morgan fingerprint density at radius 3 is 2.85 bits per heavy atom. The van der Waals surface area contributed by atoms with E-state index in [1.807, 2.05) is 12.1 Å². The molecule has 0 spiro atoms. The molecule has 0 unspecified atom stereocenters. The second-order valence-electron chi connectivity index (χ2n) is 3.02. The number of hydrogen-bond donors (Lipinski definition) is 1. The van der Waals surface area contributed by atoms with Crippen LogP contribution in [0.4, 0.5) is 5.69 Å². The van der Waals surface area contributed by atoms with Crippen LogP contribution in [0.1, 0.15) is 5.56 Å².